The van der Waals surface area contributed by atoms with E-state index in [9.17, 15) is 9.59 Å². The zero-order valence-corrected chi connectivity index (χ0v) is 10.7. The molecule has 1 unspecified atom stereocenters. The maximum absolute atomic E-state index is 11.6. The first-order valence-corrected chi connectivity index (χ1v) is 5.93. The fraction of sp³-hybridized carbons (Fsp3) is 0.833. The van der Waals surface area contributed by atoms with Crippen LogP contribution in [0.25, 0.3) is 0 Å². The molecule has 0 aromatic heterocycles. The van der Waals surface area contributed by atoms with E-state index in [1.165, 1.54) is 0 Å². The van der Waals surface area contributed by atoms with Gasteiger partial charge in [0.1, 0.15) is 6.61 Å². The van der Waals surface area contributed by atoms with E-state index in [1.54, 1.807) is 0 Å². The van der Waals surface area contributed by atoms with E-state index in [0.29, 0.717) is 13.0 Å². The summed E-state index contributed by atoms with van der Waals surface area (Å²) in [5, 5.41) is 0. The molecular formula is C12H20O5. The predicted molar refractivity (Wildman–Crippen MR) is 60.3 cm³/mol. The maximum Gasteiger partial charge on any atom is 0.335 e. The standard InChI is InChI=1S/C12H20O5/c1-4-12(2,3)11(14)17-8-7-15-9-5-6-16-10(9)13/h9H,4-8H2,1-3H3. The van der Waals surface area contributed by atoms with E-state index in [1.807, 2.05) is 20.8 Å². The summed E-state index contributed by atoms with van der Waals surface area (Å²) in [5.41, 5.74) is -0.466. The van der Waals surface area contributed by atoms with Gasteiger partial charge in [0.05, 0.1) is 18.6 Å². The summed E-state index contributed by atoms with van der Waals surface area (Å²) >= 11 is 0. The Bertz CT molecular complexity index is 285. The van der Waals surface area contributed by atoms with Crippen molar-refractivity contribution in [3.63, 3.8) is 0 Å². The summed E-state index contributed by atoms with van der Waals surface area (Å²) in [6.45, 7) is 6.42. The number of carbonyl (C=O) groups is 2. The number of hydrogen-bond acceptors (Lipinski definition) is 5. The average Bonchev–Trinajstić information content (AvgIpc) is 2.70. The van der Waals surface area contributed by atoms with Crippen LogP contribution >= 0.6 is 0 Å². The molecule has 0 amide bonds. The van der Waals surface area contributed by atoms with Crippen LogP contribution in [0.15, 0.2) is 0 Å². The summed E-state index contributed by atoms with van der Waals surface area (Å²) in [4.78, 5) is 22.6. The molecule has 0 aromatic carbocycles. The molecule has 0 N–H and O–H groups in total. The molecule has 5 heteroatoms. The molecule has 98 valence electrons. The fourth-order valence-corrected chi connectivity index (χ4v) is 1.29. The Hall–Kier alpha value is -1.10. The van der Waals surface area contributed by atoms with Crippen molar-refractivity contribution in [2.24, 2.45) is 5.41 Å². The Labute approximate surface area is 101 Å². The molecule has 1 aliphatic rings. The van der Waals surface area contributed by atoms with Crippen LogP contribution in [0.2, 0.25) is 0 Å². The number of carbonyl (C=O) groups excluding carboxylic acids is 2. The monoisotopic (exact) mass is 244 g/mol. The molecule has 1 heterocycles. The van der Waals surface area contributed by atoms with Gasteiger partial charge in [0.2, 0.25) is 0 Å². The SMILES string of the molecule is CCC(C)(C)C(=O)OCCOC1CCOC1=O. The van der Waals surface area contributed by atoms with E-state index in [2.05, 4.69) is 0 Å². The molecular weight excluding hydrogens is 224 g/mol. The van der Waals surface area contributed by atoms with E-state index in [4.69, 9.17) is 14.2 Å². The van der Waals surface area contributed by atoms with Gasteiger partial charge < -0.3 is 14.2 Å². The van der Waals surface area contributed by atoms with Gasteiger partial charge in [-0.3, -0.25) is 4.79 Å². The van der Waals surface area contributed by atoms with E-state index >= 15 is 0 Å². The largest absolute Gasteiger partial charge is 0.464 e. The third-order valence-corrected chi connectivity index (χ3v) is 2.96. The second kappa shape index (κ2) is 6.00. The van der Waals surface area contributed by atoms with Gasteiger partial charge in [-0.25, -0.2) is 4.79 Å². The highest BCUT2D eigenvalue weighted by atomic mass is 16.6. The molecule has 0 aromatic rings. The van der Waals surface area contributed by atoms with Crippen molar-refractivity contribution >= 4 is 11.9 Å². The molecule has 0 saturated carbocycles. The first-order valence-electron chi connectivity index (χ1n) is 5.93. The van der Waals surface area contributed by atoms with Crippen molar-refractivity contribution in [2.45, 2.75) is 39.7 Å². The number of cyclic esters (lactones) is 1. The molecule has 0 aliphatic carbocycles. The normalized spacial score (nSPS) is 20.2. The lowest BCUT2D eigenvalue weighted by atomic mass is 9.91. The molecule has 0 spiro atoms. The first kappa shape index (κ1) is 14.0. The van der Waals surface area contributed by atoms with Crippen molar-refractivity contribution in [1.82, 2.24) is 0 Å². The van der Waals surface area contributed by atoms with Crippen LogP contribution in [0.3, 0.4) is 0 Å². The molecule has 1 saturated heterocycles. The van der Waals surface area contributed by atoms with Crippen LogP contribution < -0.4 is 0 Å². The number of rotatable bonds is 6. The molecule has 0 bridgehead atoms. The second-order valence-electron chi connectivity index (χ2n) is 4.69. The highest BCUT2D eigenvalue weighted by Crippen LogP contribution is 2.21. The molecule has 17 heavy (non-hydrogen) atoms. The lowest BCUT2D eigenvalue weighted by Gasteiger charge is -2.20. The molecule has 1 rings (SSSR count). The highest BCUT2D eigenvalue weighted by molar-refractivity contribution is 5.76. The van der Waals surface area contributed by atoms with Crippen molar-refractivity contribution < 1.29 is 23.8 Å². The molecule has 0 radical (unpaired) electrons. The van der Waals surface area contributed by atoms with Gasteiger partial charge in [0.25, 0.3) is 0 Å². The van der Waals surface area contributed by atoms with Gasteiger partial charge in [-0.05, 0) is 20.3 Å². The lowest BCUT2D eigenvalue weighted by Crippen LogP contribution is -2.28. The smallest absolute Gasteiger partial charge is 0.335 e. The fourth-order valence-electron chi connectivity index (χ4n) is 1.29. The Morgan fingerprint density at radius 2 is 2.18 bits per heavy atom. The Balaban J connectivity index is 2.16. The van der Waals surface area contributed by atoms with Crippen molar-refractivity contribution in [1.29, 1.82) is 0 Å². The predicted octanol–water partition coefficient (Wildman–Crippen LogP) is 1.30. The summed E-state index contributed by atoms with van der Waals surface area (Å²) in [7, 11) is 0. The van der Waals surface area contributed by atoms with Crippen LogP contribution in [0.4, 0.5) is 0 Å². The van der Waals surface area contributed by atoms with Crippen molar-refractivity contribution in [3.8, 4) is 0 Å². The summed E-state index contributed by atoms with van der Waals surface area (Å²) in [6, 6.07) is 0. The van der Waals surface area contributed by atoms with Gasteiger partial charge in [-0.2, -0.15) is 0 Å². The number of ether oxygens (including phenoxy) is 3. The molecule has 5 nitrogen and oxygen atoms in total. The highest BCUT2D eigenvalue weighted by Gasteiger charge is 2.28. The minimum atomic E-state index is -0.493. The third kappa shape index (κ3) is 4.00. The van der Waals surface area contributed by atoms with Gasteiger partial charge in [0.15, 0.2) is 6.10 Å². The number of hydrogen-bond donors (Lipinski definition) is 0. The quantitative estimate of drug-likeness (QED) is 0.520. The number of esters is 2. The zero-order valence-electron chi connectivity index (χ0n) is 10.7. The Morgan fingerprint density at radius 1 is 1.47 bits per heavy atom. The first-order chi connectivity index (χ1) is 7.97. The minimum Gasteiger partial charge on any atom is -0.464 e. The molecule has 1 atom stereocenters. The third-order valence-electron chi connectivity index (χ3n) is 2.96. The summed E-state index contributed by atoms with van der Waals surface area (Å²) < 4.78 is 15.1. The maximum atomic E-state index is 11.6. The van der Waals surface area contributed by atoms with Gasteiger partial charge in [0, 0.05) is 6.42 Å². The zero-order chi connectivity index (χ0) is 12.9. The Kier molecular flexibility index (Phi) is 4.93. The summed E-state index contributed by atoms with van der Waals surface area (Å²) in [6.07, 6.45) is 0.808. The van der Waals surface area contributed by atoms with E-state index in [-0.39, 0.29) is 25.2 Å². The van der Waals surface area contributed by atoms with Crippen LogP contribution in [-0.4, -0.2) is 37.9 Å². The van der Waals surface area contributed by atoms with Gasteiger partial charge >= 0.3 is 11.9 Å². The van der Waals surface area contributed by atoms with Crippen molar-refractivity contribution in [2.75, 3.05) is 19.8 Å². The van der Waals surface area contributed by atoms with Crippen LogP contribution in [-0.2, 0) is 23.8 Å². The second-order valence-corrected chi connectivity index (χ2v) is 4.69. The van der Waals surface area contributed by atoms with Crippen LogP contribution in [0.5, 0.6) is 0 Å². The molecule has 1 fully saturated rings. The summed E-state index contributed by atoms with van der Waals surface area (Å²) in [5.74, 6) is -0.567. The van der Waals surface area contributed by atoms with Gasteiger partial charge in [-0.15, -0.1) is 0 Å². The lowest BCUT2D eigenvalue weighted by molar-refractivity contribution is -0.157. The van der Waals surface area contributed by atoms with Crippen molar-refractivity contribution in [3.05, 3.63) is 0 Å². The van der Waals surface area contributed by atoms with Gasteiger partial charge in [-0.1, -0.05) is 6.92 Å². The average molecular weight is 244 g/mol. The van der Waals surface area contributed by atoms with Crippen LogP contribution in [0, 0.1) is 5.41 Å². The van der Waals surface area contributed by atoms with Crippen LogP contribution in [0.1, 0.15) is 33.6 Å². The van der Waals surface area contributed by atoms with E-state index < -0.39 is 11.5 Å². The Morgan fingerprint density at radius 3 is 2.71 bits per heavy atom. The molecule has 1 aliphatic heterocycles. The topological polar surface area (TPSA) is 61.8 Å². The minimum absolute atomic E-state index is 0.173. The van der Waals surface area contributed by atoms with E-state index in [0.717, 1.165) is 6.42 Å².